The minimum absolute atomic E-state index is 0.119. The first kappa shape index (κ1) is 15.0. The van der Waals surface area contributed by atoms with Gasteiger partial charge >= 0.3 is 5.97 Å². The smallest absolute Gasteiger partial charge is 0.330 e. The first-order valence-electron chi connectivity index (χ1n) is 6.74. The minimum atomic E-state index is -1.40. The van der Waals surface area contributed by atoms with E-state index in [1.54, 1.807) is 6.92 Å². The number of carboxylic acid groups (broad SMARTS) is 1. The number of oxazole rings is 1. The molecule has 5 nitrogen and oxygen atoms in total. The first-order chi connectivity index (χ1) is 11.0. The molecule has 3 rings (SSSR count). The van der Waals surface area contributed by atoms with Crippen LogP contribution in [0.1, 0.15) is 17.2 Å². The third kappa shape index (κ3) is 2.73. The summed E-state index contributed by atoms with van der Waals surface area (Å²) < 4.78 is 32.8. The van der Waals surface area contributed by atoms with E-state index in [9.17, 15) is 18.7 Å². The quantitative estimate of drug-likeness (QED) is 0.768. The number of halogens is 2. The number of benzene rings is 2. The Morgan fingerprint density at radius 3 is 2.83 bits per heavy atom. The Labute approximate surface area is 129 Å². The fourth-order valence-corrected chi connectivity index (χ4v) is 2.31. The topological polar surface area (TPSA) is 75.4 Å². The number of aromatic nitrogens is 1. The van der Waals surface area contributed by atoms with E-state index in [2.05, 4.69) is 10.3 Å². The third-order valence-corrected chi connectivity index (χ3v) is 3.53. The van der Waals surface area contributed by atoms with Gasteiger partial charge in [-0.3, -0.25) is 0 Å². The highest BCUT2D eigenvalue weighted by molar-refractivity contribution is 5.82. The summed E-state index contributed by atoms with van der Waals surface area (Å²) in [6.07, 6.45) is 1.08. The van der Waals surface area contributed by atoms with Gasteiger partial charge in [0, 0.05) is 11.3 Å². The van der Waals surface area contributed by atoms with Crippen molar-refractivity contribution in [2.75, 3.05) is 5.32 Å². The molecule has 1 aromatic heterocycles. The summed E-state index contributed by atoms with van der Waals surface area (Å²) in [7, 11) is 0. The van der Waals surface area contributed by atoms with E-state index in [-0.39, 0.29) is 22.4 Å². The molecule has 1 atom stereocenters. The van der Waals surface area contributed by atoms with Crippen LogP contribution >= 0.6 is 0 Å². The summed E-state index contributed by atoms with van der Waals surface area (Å²) in [4.78, 5) is 15.4. The van der Waals surface area contributed by atoms with Crippen LogP contribution in [-0.4, -0.2) is 16.1 Å². The number of fused-ring (bicyclic) bond motifs is 1. The van der Waals surface area contributed by atoms with Crippen LogP contribution in [0.25, 0.3) is 11.1 Å². The summed E-state index contributed by atoms with van der Waals surface area (Å²) in [6.45, 7) is 1.69. The van der Waals surface area contributed by atoms with Gasteiger partial charge in [0.05, 0.1) is 0 Å². The number of carbonyl (C=O) groups is 1. The molecule has 0 aliphatic rings. The molecule has 0 radical (unpaired) electrons. The second-order valence-electron chi connectivity index (χ2n) is 5.04. The van der Waals surface area contributed by atoms with Gasteiger partial charge in [-0.05, 0) is 30.7 Å². The van der Waals surface area contributed by atoms with Gasteiger partial charge in [0.25, 0.3) is 0 Å². The Balaban J connectivity index is 2.05. The van der Waals surface area contributed by atoms with Crippen LogP contribution < -0.4 is 5.32 Å². The van der Waals surface area contributed by atoms with Crippen molar-refractivity contribution in [3.05, 3.63) is 59.5 Å². The molecule has 23 heavy (non-hydrogen) atoms. The maximum atomic E-state index is 14.5. The molecule has 118 valence electrons. The lowest BCUT2D eigenvalue weighted by atomic mass is 10.0. The summed E-state index contributed by atoms with van der Waals surface area (Å²) >= 11 is 0. The lowest BCUT2D eigenvalue weighted by Gasteiger charge is -2.18. The van der Waals surface area contributed by atoms with Crippen LogP contribution in [0.3, 0.4) is 0 Å². The van der Waals surface area contributed by atoms with Gasteiger partial charge in [-0.2, -0.15) is 0 Å². The third-order valence-electron chi connectivity index (χ3n) is 3.53. The number of rotatable bonds is 4. The lowest BCUT2D eigenvalue weighted by molar-refractivity contribution is -0.138. The standard InChI is InChI=1S/C16H12F2N2O3/c1-8-2-3-9(17)6-12(8)20-14(16(21)22)10-4-5-11-15(13(10)18)23-7-19-11/h2-7,14,20H,1H3,(H,21,22). The zero-order chi connectivity index (χ0) is 16.6. The molecule has 7 heteroatoms. The summed E-state index contributed by atoms with van der Waals surface area (Å²) in [6, 6.07) is 5.32. The number of carboxylic acids is 1. The van der Waals surface area contributed by atoms with Crippen molar-refractivity contribution in [2.45, 2.75) is 13.0 Å². The number of aryl methyl sites for hydroxylation is 1. The Kier molecular flexibility index (Phi) is 3.69. The van der Waals surface area contributed by atoms with Gasteiger partial charge in [0.15, 0.2) is 23.8 Å². The molecule has 0 spiro atoms. The van der Waals surface area contributed by atoms with Crippen molar-refractivity contribution in [1.82, 2.24) is 4.98 Å². The molecule has 0 saturated heterocycles. The number of nitrogens with zero attached hydrogens (tertiary/aromatic N) is 1. The normalized spacial score (nSPS) is 12.3. The van der Waals surface area contributed by atoms with E-state index in [1.165, 1.54) is 24.3 Å². The number of aliphatic carboxylic acids is 1. The average Bonchev–Trinajstić information content (AvgIpc) is 2.98. The predicted octanol–water partition coefficient (Wildman–Crippen LogP) is 3.65. The number of nitrogens with one attached hydrogen (secondary N) is 1. The highest BCUT2D eigenvalue weighted by atomic mass is 19.1. The van der Waals surface area contributed by atoms with Gasteiger partial charge in [0.2, 0.25) is 0 Å². The summed E-state index contributed by atoms with van der Waals surface area (Å²) in [5.41, 5.74) is 0.961. The highest BCUT2D eigenvalue weighted by Gasteiger charge is 2.26. The molecule has 0 aliphatic carbocycles. The summed E-state index contributed by atoms with van der Waals surface area (Å²) in [5.74, 6) is -2.63. The maximum Gasteiger partial charge on any atom is 0.330 e. The molecule has 2 N–H and O–H groups in total. The Bertz CT molecular complexity index is 892. The van der Waals surface area contributed by atoms with E-state index >= 15 is 0 Å². The van der Waals surface area contributed by atoms with Gasteiger partial charge < -0.3 is 14.8 Å². The zero-order valence-corrected chi connectivity index (χ0v) is 12.0. The Morgan fingerprint density at radius 2 is 2.09 bits per heavy atom. The van der Waals surface area contributed by atoms with Crippen LogP contribution in [0.4, 0.5) is 14.5 Å². The van der Waals surface area contributed by atoms with Crippen molar-refractivity contribution in [2.24, 2.45) is 0 Å². The molecule has 0 fully saturated rings. The molecule has 2 aromatic carbocycles. The molecule has 0 saturated carbocycles. The van der Waals surface area contributed by atoms with Crippen LogP contribution in [0.5, 0.6) is 0 Å². The average molecular weight is 318 g/mol. The predicted molar refractivity (Wildman–Crippen MR) is 79.1 cm³/mol. The lowest BCUT2D eigenvalue weighted by Crippen LogP contribution is -2.22. The van der Waals surface area contributed by atoms with Crippen molar-refractivity contribution in [3.63, 3.8) is 0 Å². The molecule has 3 aromatic rings. The fraction of sp³-hybridized carbons (Fsp3) is 0.125. The molecular weight excluding hydrogens is 306 g/mol. The number of anilines is 1. The number of hydrogen-bond acceptors (Lipinski definition) is 4. The monoisotopic (exact) mass is 318 g/mol. The van der Waals surface area contributed by atoms with Gasteiger partial charge in [0.1, 0.15) is 11.3 Å². The van der Waals surface area contributed by atoms with Crippen molar-refractivity contribution in [3.8, 4) is 0 Å². The van der Waals surface area contributed by atoms with Crippen molar-refractivity contribution < 1.29 is 23.1 Å². The second kappa shape index (κ2) is 5.68. The SMILES string of the molecule is Cc1ccc(F)cc1NC(C(=O)O)c1ccc2ncoc2c1F. The molecule has 1 unspecified atom stereocenters. The van der Waals surface area contributed by atoms with Crippen LogP contribution in [0.15, 0.2) is 41.1 Å². The van der Waals surface area contributed by atoms with Gasteiger partial charge in [-0.1, -0.05) is 12.1 Å². The van der Waals surface area contributed by atoms with E-state index in [0.29, 0.717) is 5.56 Å². The zero-order valence-electron chi connectivity index (χ0n) is 12.0. The van der Waals surface area contributed by atoms with Gasteiger partial charge in [-0.15, -0.1) is 0 Å². The van der Waals surface area contributed by atoms with E-state index in [4.69, 9.17) is 4.42 Å². The molecule has 0 aliphatic heterocycles. The van der Waals surface area contributed by atoms with Crippen molar-refractivity contribution >= 4 is 22.8 Å². The van der Waals surface area contributed by atoms with E-state index in [0.717, 1.165) is 12.5 Å². The molecule has 1 heterocycles. The minimum Gasteiger partial charge on any atom is -0.479 e. The van der Waals surface area contributed by atoms with E-state index in [1.807, 2.05) is 0 Å². The Morgan fingerprint density at radius 1 is 1.30 bits per heavy atom. The van der Waals surface area contributed by atoms with Crippen LogP contribution in [0.2, 0.25) is 0 Å². The van der Waals surface area contributed by atoms with Crippen molar-refractivity contribution in [1.29, 1.82) is 0 Å². The van der Waals surface area contributed by atoms with E-state index < -0.39 is 23.6 Å². The van der Waals surface area contributed by atoms with Crippen LogP contribution in [-0.2, 0) is 4.79 Å². The molecule has 0 amide bonds. The summed E-state index contributed by atoms with van der Waals surface area (Å²) in [5, 5.41) is 12.1. The number of hydrogen-bond donors (Lipinski definition) is 2. The van der Waals surface area contributed by atoms with Crippen LogP contribution in [0, 0.1) is 18.6 Å². The Hall–Kier alpha value is -2.96. The fourth-order valence-electron chi connectivity index (χ4n) is 2.31. The second-order valence-corrected chi connectivity index (χ2v) is 5.04. The molecular formula is C16H12F2N2O3. The maximum absolute atomic E-state index is 14.5. The largest absolute Gasteiger partial charge is 0.479 e. The first-order valence-corrected chi connectivity index (χ1v) is 6.74. The molecule has 0 bridgehead atoms. The highest BCUT2D eigenvalue weighted by Crippen LogP contribution is 2.29. The van der Waals surface area contributed by atoms with Gasteiger partial charge in [-0.25, -0.2) is 18.6 Å².